The molecule has 0 fully saturated rings. The number of aromatic carboxylic acids is 1. The summed E-state index contributed by atoms with van der Waals surface area (Å²) in [6.07, 6.45) is 0. The first kappa shape index (κ1) is 12.3. The van der Waals surface area contributed by atoms with Crippen molar-refractivity contribution >= 4 is 28.6 Å². The van der Waals surface area contributed by atoms with Crippen LogP contribution in [0.25, 0.3) is 0 Å². The summed E-state index contributed by atoms with van der Waals surface area (Å²) in [6, 6.07) is 5.62. The first-order valence-electron chi connectivity index (χ1n) is 5.22. The highest BCUT2D eigenvalue weighted by Gasteiger charge is 2.06. The number of rotatable bonds is 5. The highest BCUT2D eigenvalue weighted by molar-refractivity contribution is 7.13. The van der Waals surface area contributed by atoms with Crippen LogP contribution in [0.15, 0.2) is 23.6 Å². The SMILES string of the molecule is Cc1ccsc1CNCc1ccc(C(=O)O)s1. The van der Waals surface area contributed by atoms with Gasteiger partial charge in [-0.3, -0.25) is 0 Å². The van der Waals surface area contributed by atoms with Crippen molar-refractivity contribution < 1.29 is 9.90 Å². The Morgan fingerprint density at radius 3 is 2.76 bits per heavy atom. The normalized spacial score (nSPS) is 10.6. The minimum absolute atomic E-state index is 0.397. The Kier molecular flexibility index (Phi) is 3.93. The van der Waals surface area contributed by atoms with Crippen molar-refractivity contribution in [1.82, 2.24) is 5.32 Å². The smallest absolute Gasteiger partial charge is 0.345 e. The van der Waals surface area contributed by atoms with E-state index in [4.69, 9.17) is 5.11 Å². The molecule has 0 amide bonds. The quantitative estimate of drug-likeness (QED) is 0.875. The number of carbonyl (C=O) groups is 1. The molecule has 0 saturated heterocycles. The average molecular weight is 267 g/mol. The number of hydrogen-bond donors (Lipinski definition) is 2. The molecule has 0 radical (unpaired) electrons. The molecule has 2 N–H and O–H groups in total. The lowest BCUT2D eigenvalue weighted by molar-refractivity contribution is 0.0702. The third kappa shape index (κ3) is 3.15. The molecule has 0 saturated carbocycles. The largest absolute Gasteiger partial charge is 0.477 e. The zero-order chi connectivity index (χ0) is 12.3. The molecule has 0 atom stereocenters. The van der Waals surface area contributed by atoms with Crippen LogP contribution >= 0.6 is 22.7 Å². The van der Waals surface area contributed by atoms with E-state index in [0.29, 0.717) is 4.88 Å². The van der Waals surface area contributed by atoms with Crippen LogP contribution < -0.4 is 5.32 Å². The Bertz CT molecular complexity index is 516. The van der Waals surface area contributed by atoms with Gasteiger partial charge in [0.25, 0.3) is 0 Å². The third-order valence-corrected chi connectivity index (χ3v) is 4.52. The van der Waals surface area contributed by atoms with Crippen molar-refractivity contribution in [2.75, 3.05) is 0 Å². The van der Waals surface area contributed by atoms with Crippen molar-refractivity contribution in [3.63, 3.8) is 0 Å². The van der Waals surface area contributed by atoms with Crippen molar-refractivity contribution in [3.8, 4) is 0 Å². The van der Waals surface area contributed by atoms with E-state index in [1.807, 2.05) is 6.07 Å². The fourth-order valence-corrected chi connectivity index (χ4v) is 3.16. The molecule has 0 aliphatic carbocycles. The van der Waals surface area contributed by atoms with E-state index in [2.05, 4.69) is 23.7 Å². The first-order valence-corrected chi connectivity index (χ1v) is 6.92. The molecule has 0 aliphatic rings. The summed E-state index contributed by atoms with van der Waals surface area (Å²) in [5, 5.41) is 14.2. The summed E-state index contributed by atoms with van der Waals surface area (Å²) >= 11 is 3.07. The van der Waals surface area contributed by atoms with Crippen LogP contribution in [-0.2, 0) is 13.1 Å². The number of nitrogens with one attached hydrogen (secondary N) is 1. The second-order valence-corrected chi connectivity index (χ2v) is 5.87. The molecule has 0 spiro atoms. The number of hydrogen-bond acceptors (Lipinski definition) is 4. The lowest BCUT2D eigenvalue weighted by atomic mass is 10.3. The highest BCUT2D eigenvalue weighted by Crippen LogP contribution is 2.18. The van der Waals surface area contributed by atoms with Crippen LogP contribution in [0.4, 0.5) is 0 Å². The van der Waals surface area contributed by atoms with Gasteiger partial charge in [-0.15, -0.1) is 22.7 Å². The van der Waals surface area contributed by atoms with E-state index in [-0.39, 0.29) is 0 Å². The van der Waals surface area contributed by atoms with Gasteiger partial charge >= 0.3 is 5.97 Å². The number of aryl methyl sites for hydroxylation is 1. The maximum Gasteiger partial charge on any atom is 0.345 e. The Labute approximate surface area is 108 Å². The summed E-state index contributed by atoms with van der Waals surface area (Å²) in [5.41, 5.74) is 1.31. The molecule has 3 nitrogen and oxygen atoms in total. The van der Waals surface area contributed by atoms with Crippen LogP contribution in [0, 0.1) is 6.92 Å². The van der Waals surface area contributed by atoms with Gasteiger partial charge in [-0.05, 0) is 36.1 Å². The number of carboxylic acid groups (broad SMARTS) is 1. The summed E-state index contributed by atoms with van der Waals surface area (Å²) < 4.78 is 0. The molecule has 0 aliphatic heterocycles. The van der Waals surface area contributed by atoms with Crippen LogP contribution in [0.2, 0.25) is 0 Å². The second kappa shape index (κ2) is 5.44. The number of carboxylic acids is 1. The van der Waals surface area contributed by atoms with Gasteiger partial charge < -0.3 is 10.4 Å². The van der Waals surface area contributed by atoms with E-state index in [0.717, 1.165) is 18.0 Å². The van der Waals surface area contributed by atoms with Crippen LogP contribution in [0.1, 0.15) is 25.0 Å². The predicted molar refractivity (Wildman–Crippen MR) is 70.9 cm³/mol. The fourth-order valence-electron chi connectivity index (χ4n) is 1.47. The molecule has 2 rings (SSSR count). The number of thiophene rings is 2. The molecule has 90 valence electrons. The molecule has 2 heterocycles. The minimum Gasteiger partial charge on any atom is -0.477 e. The molecule has 2 aromatic heterocycles. The predicted octanol–water partition coefficient (Wildman–Crippen LogP) is 3.11. The highest BCUT2D eigenvalue weighted by atomic mass is 32.1. The van der Waals surface area contributed by atoms with Crippen molar-refractivity contribution in [2.24, 2.45) is 0 Å². The summed E-state index contributed by atoms with van der Waals surface area (Å²) in [4.78, 5) is 13.5. The molecular weight excluding hydrogens is 254 g/mol. The van der Waals surface area contributed by atoms with Gasteiger partial charge in [0.05, 0.1) is 0 Å². The topological polar surface area (TPSA) is 49.3 Å². The Morgan fingerprint density at radius 1 is 1.35 bits per heavy atom. The third-order valence-electron chi connectivity index (χ3n) is 2.43. The van der Waals surface area contributed by atoms with Crippen molar-refractivity contribution in [2.45, 2.75) is 20.0 Å². The van der Waals surface area contributed by atoms with Gasteiger partial charge in [0.1, 0.15) is 4.88 Å². The maximum atomic E-state index is 10.7. The standard InChI is InChI=1S/C12H13NO2S2/c1-8-4-5-16-11(8)7-13-6-9-2-3-10(17-9)12(14)15/h2-5,13H,6-7H2,1H3,(H,14,15). The molecular formula is C12H13NO2S2. The molecule has 0 bridgehead atoms. The first-order chi connectivity index (χ1) is 8.16. The van der Waals surface area contributed by atoms with Gasteiger partial charge in [-0.2, -0.15) is 0 Å². The van der Waals surface area contributed by atoms with E-state index >= 15 is 0 Å². The van der Waals surface area contributed by atoms with E-state index in [9.17, 15) is 4.79 Å². The van der Waals surface area contributed by atoms with E-state index < -0.39 is 5.97 Å². The zero-order valence-corrected chi connectivity index (χ0v) is 11.0. The van der Waals surface area contributed by atoms with E-state index in [1.165, 1.54) is 21.8 Å². The maximum absolute atomic E-state index is 10.7. The molecule has 0 aromatic carbocycles. The summed E-state index contributed by atoms with van der Waals surface area (Å²) in [6.45, 7) is 3.65. The zero-order valence-electron chi connectivity index (χ0n) is 9.40. The van der Waals surface area contributed by atoms with E-state index in [1.54, 1.807) is 17.4 Å². The Morgan fingerprint density at radius 2 is 2.18 bits per heavy atom. The molecule has 5 heteroatoms. The average Bonchev–Trinajstić information content (AvgIpc) is 2.89. The van der Waals surface area contributed by atoms with Gasteiger partial charge in [0, 0.05) is 22.8 Å². The minimum atomic E-state index is -0.852. The van der Waals surface area contributed by atoms with Crippen molar-refractivity contribution in [1.29, 1.82) is 0 Å². The lowest BCUT2D eigenvalue weighted by Gasteiger charge is -2.01. The molecule has 2 aromatic rings. The Hall–Kier alpha value is -1.17. The summed E-state index contributed by atoms with van der Waals surface area (Å²) in [5.74, 6) is -0.852. The lowest BCUT2D eigenvalue weighted by Crippen LogP contribution is -2.11. The fraction of sp³-hybridized carbons (Fsp3) is 0.250. The van der Waals surface area contributed by atoms with Crippen LogP contribution in [0.3, 0.4) is 0 Å². The molecule has 17 heavy (non-hydrogen) atoms. The van der Waals surface area contributed by atoms with Gasteiger partial charge in [-0.1, -0.05) is 0 Å². The summed E-state index contributed by atoms with van der Waals surface area (Å²) in [7, 11) is 0. The van der Waals surface area contributed by atoms with Gasteiger partial charge in [0.15, 0.2) is 0 Å². The molecule has 0 unspecified atom stereocenters. The second-order valence-electron chi connectivity index (χ2n) is 3.70. The van der Waals surface area contributed by atoms with Gasteiger partial charge in [0.2, 0.25) is 0 Å². The van der Waals surface area contributed by atoms with Gasteiger partial charge in [-0.25, -0.2) is 4.79 Å². The van der Waals surface area contributed by atoms with Crippen LogP contribution in [0.5, 0.6) is 0 Å². The van der Waals surface area contributed by atoms with Crippen LogP contribution in [-0.4, -0.2) is 11.1 Å². The van der Waals surface area contributed by atoms with Crippen molar-refractivity contribution in [3.05, 3.63) is 43.8 Å². The monoisotopic (exact) mass is 267 g/mol. The Balaban J connectivity index is 1.86.